The lowest BCUT2D eigenvalue weighted by molar-refractivity contribution is 0.333. The smallest absolute Gasteiger partial charge is 0.161 e. The van der Waals surface area contributed by atoms with Crippen LogP contribution in [0.25, 0.3) is 0 Å². The summed E-state index contributed by atoms with van der Waals surface area (Å²) in [7, 11) is 0. The number of para-hydroxylation sites is 1. The third-order valence-electron chi connectivity index (χ3n) is 4.32. The first kappa shape index (κ1) is 14.2. The average molecular weight is 263 g/mol. The summed E-state index contributed by atoms with van der Waals surface area (Å²) in [5, 5.41) is 22.7. The van der Waals surface area contributed by atoms with E-state index in [-0.39, 0.29) is 11.5 Å². The second-order valence-electron chi connectivity index (χ2n) is 5.71. The molecule has 1 aliphatic rings. The Morgan fingerprint density at radius 2 is 1.84 bits per heavy atom. The fraction of sp³-hybridized carbons (Fsp3) is 0.625. The highest BCUT2D eigenvalue weighted by atomic mass is 16.3. The molecule has 2 rings (SSSR count). The highest BCUT2D eigenvalue weighted by Crippen LogP contribution is 2.29. The van der Waals surface area contributed by atoms with Crippen molar-refractivity contribution in [1.29, 1.82) is 0 Å². The number of rotatable bonds is 4. The topological polar surface area (TPSA) is 52.5 Å². The van der Waals surface area contributed by atoms with Crippen molar-refractivity contribution in [2.24, 2.45) is 5.92 Å². The summed E-state index contributed by atoms with van der Waals surface area (Å²) in [4.78, 5) is 0. The Bertz CT molecular complexity index is 398. The van der Waals surface area contributed by atoms with Crippen molar-refractivity contribution in [3.63, 3.8) is 0 Å². The van der Waals surface area contributed by atoms with E-state index in [1.54, 1.807) is 6.07 Å². The van der Waals surface area contributed by atoms with Crippen LogP contribution in [0, 0.1) is 5.92 Å². The molecular formula is C16H25NO2. The van der Waals surface area contributed by atoms with E-state index in [0.717, 1.165) is 11.5 Å². The molecule has 0 bridgehead atoms. The monoisotopic (exact) mass is 263 g/mol. The van der Waals surface area contributed by atoms with Crippen LogP contribution < -0.4 is 5.32 Å². The van der Waals surface area contributed by atoms with Gasteiger partial charge in [-0.2, -0.15) is 0 Å². The standard InChI is InChI=1S/C16H25NO2/c1-12(13-7-4-2-3-5-8-13)17-11-14-9-6-10-15(18)16(14)19/h6,9-10,12-13,17-19H,2-5,7-8,11H2,1H3/t12-/m0/s1. The molecule has 0 spiro atoms. The summed E-state index contributed by atoms with van der Waals surface area (Å²) in [6.45, 7) is 2.84. The zero-order valence-electron chi connectivity index (χ0n) is 11.7. The zero-order valence-corrected chi connectivity index (χ0v) is 11.7. The highest BCUT2D eigenvalue weighted by molar-refractivity contribution is 5.44. The Morgan fingerprint density at radius 3 is 2.53 bits per heavy atom. The Morgan fingerprint density at radius 1 is 1.16 bits per heavy atom. The van der Waals surface area contributed by atoms with Crippen molar-refractivity contribution >= 4 is 0 Å². The van der Waals surface area contributed by atoms with E-state index in [1.165, 1.54) is 44.6 Å². The van der Waals surface area contributed by atoms with Gasteiger partial charge in [0.2, 0.25) is 0 Å². The van der Waals surface area contributed by atoms with E-state index >= 15 is 0 Å². The number of hydrogen-bond donors (Lipinski definition) is 3. The normalized spacial score (nSPS) is 19.0. The molecule has 0 radical (unpaired) electrons. The zero-order chi connectivity index (χ0) is 13.7. The van der Waals surface area contributed by atoms with E-state index in [2.05, 4.69) is 12.2 Å². The maximum atomic E-state index is 9.78. The third kappa shape index (κ3) is 3.87. The van der Waals surface area contributed by atoms with Crippen LogP contribution in [-0.2, 0) is 6.54 Å². The molecule has 0 saturated heterocycles. The van der Waals surface area contributed by atoms with Crippen molar-refractivity contribution in [2.45, 2.75) is 58.0 Å². The number of phenols is 2. The molecule has 0 aromatic heterocycles. The van der Waals surface area contributed by atoms with Gasteiger partial charge in [0.15, 0.2) is 11.5 Å². The third-order valence-corrected chi connectivity index (χ3v) is 4.32. The summed E-state index contributed by atoms with van der Waals surface area (Å²) in [6, 6.07) is 5.58. The molecule has 1 saturated carbocycles. The fourth-order valence-corrected chi connectivity index (χ4v) is 2.97. The maximum absolute atomic E-state index is 9.78. The van der Waals surface area contributed by atoms with Crippen molar-refractivity contribution in [1.82, 2.24) is 5.32 Å². The number of benzene rings is 1. The summed E-state index contributed by atoms with van der Waals surface area (Å²) in [5.41, 5.74) is 0.764. The molecule has 3 heteroatoms. The first-order valence-electron chi connectivity index (χ1n) is 7.41. The molecule has 1 aromatic rings. The second-order valence-corrected chi connectivity index (χ2v) is 5.71. The van der Waals surface area contributed by atoms with E-state index in [4.69, 9.17) is 0 Å². The maximum Gasteiger partial charge on any atom is 0.161 e. The second kappa shape index (κ2) is 6.80. The van der Waals surface area contributed by atoms with Crippen LogP contribution >= 0.6 is 0 Å². The van der Waals surface area contributed by atoms with Crippen LogP contribution in [0.4, 0.5) is 0 Å². The van der Waals surface area contributed by atoms with Crippen LogP contribution in [0.1, 0.15) is 51.0 Å². The molecule has 0 aliphatic heterocycles. The van der Waals surface area contributed by atoms with E-state index in [1.807, 2.05) is 6.07 Å². The summed E-state index contributed by atoms with van der Waals surface area (Å²) in [5.74, 6) is 0.700. The van der Waals surface area contributed by atoms with Gasteiger partial charge in [-0.15, -0.1) is 0 Å². The number of hydrogen-bond acceptors (Lipinski definition) is 3. The Balaban J connectivity index is 1.88. The van der Waals surface area contributed by atoms with Crippen LogP contribution in [-0.4, -0.2) is 16.3 Å². The molecule has 3 nitrogen and oxygen atoms in total. The molecule has 1 aromatic carbocycles. The van der Waals surface area contributed by atoms with Gasteiger partial charge < -0.3 is 15.5 Å². The molecule has 3 N–H and O–H groups in total. The molecule has 19 heavy (non-hydrogen) atoms. The minimum absolute atomic E-state index is 0.00284. The predicted molar refractivity (Wildman–Crippen MR) is 77.3 cm³/mol. The van der Waals surface area contributed by atoms with Crippen LogP contribution in [0.2, 0.25) is 0 Å². The SMILES string of the molecule is C[C@H](NCc1cccc(O)c1O)C1CCCCCC1. The van der Waals surface area contributed by atoms with Gasteiger partial charge in [0, 0.05) is 18.2 Å². The van der Waals surface area contributed by atoms with Crippen LogP contribution in [0.15, 0.2) is 18.2 Å². The molecule has 1 fully saturated rings. The summed E-state index contributed by atoms with van der Waals surface area (Å²) >= 11 is 0. The Kier molecular flexibility index (Phi) is 5.08. The minimum Gasteiger partial charge on any atom is -0.504 e. The van der Waals surface area contributed by atoms with Gasteiger partial charge in [-0.25, -0.2) is 0 Å². The lowest BCUT2D eigenvalue weighted by atomic mass is 9.93. The van der Waals surface area contributed by atoms with Gasteiger partial charge in [-0.3, -0.25) is 0 Å². The van der Waals surface area contributed by atoms with Crippen molar-refractivity contribution < 1.29 is 10.2 Å². The van der Waals surface area contributed by atoms with Crippen molar-refractivity contribution in [3.8, 4) is 11.5 Å². The minimum atomic E-state index is -0.0404. The molecule has 0 amide bonds. The predicted octanol–water partition coefficient (Wildman–Crippen LogP) is 3.55. The van der Waals surface area contributed by atoms with Crippen LogP contribution in [0.5, 0.6) is 11.5 Å². The number of nitrogens with one attached hydrogen (secondary N) is 1. The summed E-state index contributed by atoms with van der Waals surface area (Å²) < 4.78 is 0. The summed E-state index contributed by atoms with van der Waals surface area (Å²) in [6.07, 6.45) is 8.04. The first-order chi connectivity index (χ1) is 9.18. The van der Waals surface area contributed by atoms with Gasteiger partial charge in [-0.05, 0) is 31.7 Å². The molecule has 106 valence electrons. The average Bonchev–Trinajstić information content (AvgIpc) is 2.69. The van der Waals surface area contributed by atoms with Gasteiger partial charge in [0.25, 0.3) is 0 Å². The van der Waals surface area contributed by atoms with Gasteiger partial charge in [0.05, 0.1) is 0 Å². The molecule has 1 aliphatic carbocycles. The fourth-order valence-electron chi connectivity index (χ4n) is 2.97. The molecule has 1 atom stereocenters. The quantitative estimate of drug-likeness (QED) is 0.575. The number of phenolic OH excluding ortho intramolecular Hbond substituents is 2. The van der Waals surface area contributed by atoms with E-state index in [0.29, 0.717) is 12.6 Å². The van der Waals surface area contributed by atoms with E-state index in [9.17, 15) is 10.2 Å². The number of aromatic hydroxyl groups is 2. The first-order valence-corrected chi connectivity index (χ1v) is 7.41. The molecule has 0 heterocycles. The van der Waals surface area contributed by atoms with Gasteiger partial charge >= 0.3 is 0 Å². The Hall–Kier alpha value is -1.22. The lowest BCUT2D eigenvalue weighted by Gasteiger charge is -2.24. The molecular weight excluding hydrogens is 238 g/mol. The van der Waals surface area contributed by atoms with Crippen molar-refractivity contribution in [2.75, 3.05) is 0 Å². The largest absolute Gasteiger partial charge is 0.504 e. The lowest BCUT2D eigenvalue weighted by Crippen LogP contribution is -2.32. The van der Waals surface area contributed by atoms with Crippen LogP contribution in [0.3, 0.4) is 0 Å². The highest BCUT2D eigenvalue weighted by Gasteiger charge is 2.19. The van der Waals surface area contributed by atoms with E-state index < -0.39 is 0 Å². The van der Waals surface area contributed by atoms with Gasteiger partial charge in [-0.1, -0.05) is 37.8 Å². The van der Waals surface area contributed by atoms with Crippen molar-refractivity contribution in [3.05, 3.63) is 23.8 Å². The Labute approximate surface area is 115 Å². The van der Waals surface area contributed by atoms with Gasteiger partial charge in [0.1, 0.15) is 0 Å². The molecule has 0 unspecified atom stereocenters.